The van der Waals surface area contributed by atoms with Gasteiger partial charge in [-0.25, -0.2) is 0 Å². The summed E-state index contributed by atoms with van der Waals surface area (Å²) in [4.78, 5) is 0. The SMILES string of the molecule is CNC1(Cc2cccc(C)c2)CCOCC1. The Hall–Kier alpha value is -0.860. The first kappa shape index (κ1) is 11.6. The van der Waals surface area contributed by atoms with Gasteiger partial charge in [-0.1, -0.05) is 29.8 Å². The van der Waals surface area contributed by atoms with Crippen molar-refractivity contribution in [1.82, 2.24) is 5.32 Å². The minimum Gasteiger partial charge on any atom is -0.381 e. The molecule has 0 saturated carbocycles. The van der Waals surface area contributed by atoms with E-state index in [1.807, 2.05) is 0 Å². The van der Waals surface area contributed by atoms with Crippen molar-refractivity contribution in [3.8, 4) is 0 Å². The molecule has 1 aromatic rings. The predicted molar refractivity (Wildman–Crippen MR) is 66.7 cm³/mol. The molecule has 1 aromatic carbocycles. The smallest absolute Gasteiger partial charge is 0.0483 e. The molecule has 0 radical (unpaired) electrons. The summed E-state index contributed by atoms with van der Waals surface area (Å²) in [6.07, 6.45) is 3.32. The zero-order valence-corrected chi connectivity index (χ0v) is 10.3. The number of aryl methyl sites for hydroxylation is 1. The number of likely N-dealkylation sites (N-methyl/N-ethyl adjacent to an activating group) is 1. The maximum atomic E-state index is 5.45. The van der Waals surface area contributed by atoms with Gasteiger partial charge in [0.1, 0.15) is 0 Å². The van der Waals surface area contributed by atoms with Crippen molar-refractivity contribution in [2.75, 3.05) is 20.3 Å². The topological polar surface area (TPSA) is 21.3 Å². The zero-order valence-electron chi connectivity index (χ0n) is 10.3. The van der Waals surface area contributed by atoms with Crippen molar-refractivity contribution >= 4 is 0 Å². The Balaban J connectivity index is 2.11. The van der Waals surface area contributed by atoms with E-state index < -0.39 is 0 Å². The van der Waals surface area contributed by atoms with Crippen LogP contribution in [0, 0.1) is 6.92 Å². The first-order valence-electron chi connectivity index (χ1n) is 6.06. The van der Waals surface area contributed by atoms with Gasteiger partial charge < -0.3 is 10.1 Å². The predicted octanol–water partition coefficient (Wildman–Crippen LogP) is 2.31. The van der Waals surface area contributed by atoms with Crippen LogP contribution in [0.4, 0.5) is 0 Å². The van der Waals surface area contributed by atoms with Crippen molar-refractivity contribution in [3.05, 3.63) is 35.4 Å². The Labute approximate surface area is 98.0 Å². The third-order valence-corrected chi connectivity index (χ3v) is 3.61. The molecule has 2 rings (SSSR count). The Morgan fingerprint density at radius 2 is 2.06 bits per heavy atom. The standard InChI is InChI=1S/C14H21NO/c1-12-4-3-5-13(10-12)11-14(15-2)6-8-16-9-7-14/h3-5,10,15H,6-9,11H2,1-2H3. The lowest BCUT2D eigenvalue weighted by Crippen LogP contribution is -2.49. The lowest BCUT2D eigenvalue weighted by atomic mass is 9.83. The maximum Gasteiger partial charge on any atom is 0.0483 e. The van der Waals surface area contributed by atoms with Crippen molar-refractivity contribution < 1.29 is 4.74 Å². The van der Waals surface area contributed by atoms with E-state index in [-0.39, 0.29) is 5.54 Å². The van der Waals surface area contributed by atoms with Crippen LogP contribution in [0.3, 0.4) is 0 Å². The van der Waals surface area contributed by atoms with Crippen molar-refractivity contribution in [2.45, 2.75) is 31.7 Å². The van der Waals surface area contributed by atoms with Gasteiger partial charge in [-0.3, -0.25) is 0 Å². The average Bonchev–Trinajstić information content (AvgIpc) is 2.30. The first-order chi connectivity index (χ1) is 7.74. The van der Waals surface area contributed by atoms with Gasteiger partial charge >= 0.3 is 0 Å². The minimum absolute atomic E-state index is 0.242. The van der Waals surface area contributed by atoms with Crippen LogP contribution in [0.5, 0.6) is 0 Å². The molecule has 1 N–H and O–H groups in total. The van der Waals surface area contributed by atoms with Gasteiger partial charge in [0, 0.05) is 18.8 Å². The van der Waals surface area contributed by atoms with Crippen LogP contribution in [0.15, 0.2) is 24.3 Å². The summed E-state index contributed by atoms with van der Waals surface area (Å²) in [5, 5.41) is 3.51. The van der Waals surface area contributed by atoms with E-state index in [4.69, 9.17) is 4.74 Å². The highest BCUT2D eigenvalue weighted by atomic mass is 16.5. The van der Waals surface area contributed by atoms with Crippen molar-refractivity contribution in [2.24, 2.45) is 0 Å². The quantitative estimate of drug-likeness (QED) is 0.842. The van der Waals surface area contributed by atoms with Gasteiger partial charge in [0.2, 0.25) is 0 Å². The van der Waals surface area contributed by atoms with Crippen LogP contribution in [-0.4, -0.2) is 25.8 Å². The molecule has 2 heteroatoms. The van der Waals surface area contributed by atoms with Crippen LogP contribution >= 0.6 is 0 Å². The summed E-state index contributed by atoms with van der Waals surface area (Å²) in [6, 6.07) is 8.81. The molecular weight excluding hydrogens is 198 g/mol. The van der Waals surface area contributed by atoms with E-state index in [0.717, 1.165) is 32.5 Å². The average molecular weight is 219 g/mol. The number of nitrogens with one attached hydrogen (secondary N) is 1. The van der Waals surface area contributed by atoms with Gasteiger partial charge in [0.25, 0.3) is 0 Å². The van der Waals surface area contributed by atoms with E-state index in [9.17, 15) is 0 Å². The molecule has 1 saturated heterocycles. The highest BCUT2D eigenvalue weighted by Gasteiger charge is 2.30. The summed E-state index contributed by atoms with van der Waals surface area (Å²) in [6.45, 7) is 3.92. The molecule has 0 atom stereocenters. The maximum absolute atomic E-state index is 5.45. The Kier molecular flexibility index (Phi) is 3.62. The van der Waals surface area contributed by atoms with Gasteiger partial charge in [-0.05, 0) is 38.8 Å². The Morgan fingerprint density at radius 1 is 1.31 bits per heavy atom. The van der Waals surface area contributed by atoms with Crippen LogP contribution in [0.1, 0.15) is 24.0 Å². The molecule has 16 heavy (non-hydrogen) atoms. The molecule has 0 spiro atoms. The molecule has 2 nitrogen and oxygen atoms in total. The van der Waals surface area contributed by atoms with Crippen molar-refractivity contribution in [1.29, 1.82) is 0 Å². The van der Waals surface area contributed by atoms with Crippen molar-refractivity contribution in [3.63, 3.8) is 0 Å². The fraction of sp³-hybridized carbons (Fsp3) is 0.571. The monoisotopic (exact) mass is 219 g/mol. The van der Waals surface area contributed by atoms with Gasteiger partial charge in [-0.15, -0.1) is 0 Å². The van der Waals surface area contributed by atoms with Crippen LogP contribution in [-0.2, 0) is 11.2 Å². The van der Waals surface area contributed by atoms with Crippen LogP contribution in [0.25, 0.3) is 0 Å². The number of hydrogen-bond donors (Lipinski definition) is 1. The first-order valence-corrected chi connectivity index (χ1v) is 6.06. The van der Waals surface area contributed by atoms with E-state index >= 15 is 0 Å². The molecule has 1 heterocycles. The summed E-state index contributed by atoms with van der Waals surface area (Å²) in [7, 11) is 2.07. The van der Waals surface area contributed by atoms with E-state index in [1.165, 1.54) is 11.1 Å². The highest BCUT2D eigenvalue weighted by molar-refractivity contribution is 5.24. The van der Waals surface area contributed by atoms with E-state index in [1.54, 1.807) is 0 Å². The fourth-order valence-electron chi connectivity index (χ4n) is 2.49. The number of ether oxygens (including phenoxy) is 1. The largest absolute Gasteiger partial charge is 0.381 e. The minimum atomic E-state index is 0.242. The number of hydrogen-bond acceptors (Lipinski definition) is 2. The second-order valence-corrected chi connectivity index (χ2v) is 4.81. The molecular formula is C14H21NO. The normalized spacial score (nSPS) is 19.6. The molecule has 1 aliphatic rings. The fourth-order valence-corrected chi connectivity index (χ4v) is 2.49. The van der Waals surface area contributed by atoms with E-state index in [2.05, 4.69) is 43.6 Å². The molecule has 88 valence electrons. The second-order valence-electron chi connectivity index (χ2n) is 4.81. The molecule has 1 aliphatic heterocycles. The molecule has 1 fully saturated rings. The van der Waals surface area contributed by atoms with Crippen LogP contribution in [0.2, 0.25) is 0 Å². The molecule has 0 aromatic heterocycles. The molecule has 0 bridgehead atoms. The van der Waals surface area contributed by atoms with Gasteiger partial charge in [-0.2, -0.15) is 0 Å². The zero-order chi connectivity index (χ0) is 11.4. The Morgan fingerprint density at radius 3 is 2.69 bits per heavy atom. The highest BCUT2D eigenvalue weighted by Crippen LogP contribution is 2.25. The van der Waals surface area contributed by atoms with E-state index in [0.29, 0.717) is 0 Å². The summed E-state index contributed by atoms with van der Waals surface area (Å²) in [5.41, 5.74) is 3.01. The summed E-state index contributed by atoms with van der Waals surface area (Å²) < 4.78 is 5.45. The third-order valence-electron chi connectivity index (χ3n) is 3.61. The van der Waals surface area contributed by atoms with Gasteiger partial charge in [0.05, 0.1) is 0 Å². The molecule has 0 unspecified atom stereocenters. The lowest BCUT2D eigenvalue weighted by Gasteiger charge is -2.37. The van der Waals surface area contributed by atoms with Gasteiger partial charge in [0.15, 0.2) is 0 Å². The van der Waals surface area contributed by atoms with Crippen LogP contribution < -0.4 is 5.32 Å². The summed E-state index contributed by atoms with van der Waals surface area (Å²) in [5.74, 6) is 0. The summed E-state index contributed by atoms with van der Waals surface area (Å²) >= 11 is 0. The number of rotatable bonds is 3. The molecule has 0 aliphatic carbocycles. The lowest BCUT2D eigenvalue weighted by molar-refractivity contribution is 0.0413. The third kappa shape index (κ3) is 2.63. The second kappa shape index (κ2) is 4.98. The molecule has 0 amide bonds. The Bertz CT molecular complexity index is 342. The number of benzene rings is 1.